The topological polar surface area (TPSA) is 45.9 Å². The summed E-state index contributed by atoms with van der Waals surface area (Å²) in [5.41, 5.74) is -1.29. The van der Waals surface area contributed by atoms with Gasteiger partial charge in [-0.2, -0.15) is 18.4 Å². The molecule has 1 aromatic rings. The minimum atomic E-state index is -4.54. The van der Waals surface area contributed by atoms with Crippen molar-refractivity contribution in [3.63, 3.8) is 0 Å². The molecule has 0 aliphatic carbocycles. The van der Waals surface area contributed by atoms with Crippen LogP contribution in [0, 0.1) is 11.3 Å². The largest absolute Gasteiger partial charge is 0.494 e. The Morgan fingerprint density at radius 3 is 2.57 bits per heavy atom. The summed E-state index contributed by atoms with van der Waals surface area (Å²) >= 11 is 0. The Bertz CT molecular complexity index is 381. The standard InChI is InChI=1S/C8H5F3N2O/c1-14-6-4-13-7(8(9,10)11)2-5(6)3-12/h2,4H,1H3. The van der Waals surface area contributed by atoms with E-state index in [0.717, 1.165) is 6.20 Å². The van der Waals surface area contributed by atoms with Crippen LogP contribution in [0.25, 0.3) is 0 Å². The summed E-state index contributed by atoms with van der Waals surface area (Å²) in [5, 5.41) is 8.51. The van der Waals surface area contributed by atoms with E-state index in [1.165, 1.54) is 7.11 Å². The fraction of sp³-hybridized carbons (Fsp3) is 0.250. The van der Waals surface area contributed by atoms with Gasteiger partial charge < -0.3 is 4.74 Å². The van der Waals surface area contributed by atoms with E-state index in [1.54, 1.807) is 6.07 Å². The first kappa shape index (κ1) is 10.3. The molecule has 0 aliphatic rings. The van der Waals surface area contributed by atoms with E-state index >= 15 is 0 Å². The molecule has 0 aromatic carbocycles. The van der Waals surface area contributed by atoms with E-state index in [9.17, 15) is 13.2 Å². The number of nitrogens with zero attached hydrogens (tertiary/aromatic N) is 2. The number of rotatable bonds is 1. The molecule has 0 amide bonds. The monoisotopic (exact) mass is 202 g/mol. The number of pyridine rings is 1. The van der Waals surface area contributed by atoms with E-state index < -0.39 is 11.9 Å². The number of hydrogen-bond donors (Lipinski definition) is 0. The van der Waals surface area contributed by atoms with Crippen LogP contribution in [0.15, 0.2) is 12.3 Å². The zero-order valence-corrected chi connectivity index (χ0v) is 7.09. The molecular formula is C8H5F3N2O. The average molecular weight is 202 g/mol. The van der Waals surface area contributed by atoms with Crippen molar-refractivity contribution < 1.29 is 17.9 Å². The highest BCUT2D eigenvalue weighted by atomic mass is 19.4. The van der Waals surface area contributed by atoms with Gasteiger partial charge in [-0.1, -0.05) is 0 Å². The Kier molecular flexibility index (Phi) is 2.60. The van der Waals surface area contributed by atoms with Gasteiger partial charge in [0.15, 0.2) is 5.75 Å². The summed E-state index contributed by atoms with van der Waals surface area (Å²) in [4.78, 5) is 3.13. The highest BCUT2D eigenvalue weighted by Gasteiger charge is 2.33. The van der Waals surface area contributed by atoms with Gasteiger partial charge in [0.05, 0.1) is 18.9 Å². The Labute approximate surface area is 77.7 Å². The Morgan fingerprint density at radius 1 is 1.50 bits per heavy atom. The molecule has 3 nitrogen and oxygen atoms in total. The van der Waals surface area contributed by atoms with Crippen molar-refractivity contribution >= 4 is 0 Å². The predicted molar refractivity (Wildman–Crippen MR) is 40.5 cm³/mol. The summed E-state index contributed by atoms with van der Waals surface area (Å²) in [7, 11) is 1.26. The van der Waals surface area contributed by atoms with Crippen LogP contribution in [0.2, 0.25) is 0 Å². The van der Waals surface area contributed by atoms with Crippen molar-refractivity contribution in [1.29, 1.82) is 5.26 Å². The first-order valence-electron chi connectivity index (χ1n) is 3.50. The third kappa shape index (κ3) is 1.93. The molecule has 0 saturated carbocycles. The molecule has 0 unspecified atom stereocenters. The second kappa shape index (κ2) is 3.54. The van der Waals surface area contributed by atoms with Crippen LogP contribution in [-0.4, -0.2) is 12.1 Å². The first-order valence-corrected chi connectivity index (χ1v) is 3.50. The van der Waals surface area contributed by atoms with Crippen LogP contribution in [-0.2, 0) is 6.18 Å². The highest BCUT2D eigenvalue weighted by Crippen LogP contribution is 2.29. The predicted octanol–water partition coefficient (Wildman–Crippen LogP) is 1.98. The second-order valence-corrected chi connectivity index (χ2v) is 2.38. The number of methoxy groups -OCH3 is 1. The van der Waals surface area contributed by atoms with Crippen LogP contribution in [0.1, 0.15) is 11.3 Å². The summed E-state index contributed by atoms with van der Waals surface area (Å²) in [6, 6.07) is 2.25. The summed E-state index contributed by atoms with van der Waals surface area (Å²) in [6.45, 7) is 0. The van der Waals surface area contributed by atoms with Crippen LogP contribution in [0.4, 0.5) is 13.2 Å². The van der Waals surface area contributed by atoms with E-state index in [-0.39, 0.29) is 11.3 Å². The Morgan fingerprint density at radius 2 is 2.14 bits per heavy atom. The molecule has 6 heteroatoms. The van der Waals surface area contributed by atoms with E-state index in [0.29, 0.717) is 6.07 Å². The molecular weight excluding hydrogens is 197 g/mol. The molecule has 0 aliphatic heterocycles. The molecule has 0 radical (unpaired) electrons. The summed E-state index contributed by atoms with van der Waals surface area (Å²) in [5.74, 6) is 0.0282. The minimum absolute atomic E-state index is 0.0282. The average Bonchev–Trinajstić information content (AvgIpc) is 2.15. The first-order chi connectivity index (χ1) is 6.49. The molecule has 0 atom stereocenters. The van der Waals surface area contributed by atoms with Crippen molar-refractivity contribution in [3.05, 3.63) is 23.5 Å². The van der Waals surface area contributed by atoms with Gasteiger partial charge in [0.25, 0.3) is 0 Å². The quantitative estimate of drug-likeness (QED) is 0.699. The van der Waals surface area contributed by atoms with Crippen molar-refractivity contribution in [2.45, 2.75) is 6.18 Å². The number of hydrogen-bond acceptors (Lipinski definition) is 3. The normalized spacial score (nSPS) is 10.8. The maximum Gasteiger partial charge on any atom is 0.433 e. The van der Waals surface area contributed by atoms with Crippen molar-refractivity contribution in [2.24, 2.45) is 0 Å². The van der Waals surface area contributed by atoms with Gasteiger partial charge in [0.1, 0.15) is 11.8 Å². The number of alkyl halides is 3. The number of ether oxygens (including phenoxy) is 1. The Hall–Kier alpha value is -1.77. The molecule has 1 rings (SSSR count). The lowest BCUT2D eigenvalue weighted by atomic mass is 10.2. The zero-order chi connectivity index (χ0) is 10.8. The molecule has 0 spiro atoms. The van der Waals surface area contributed by atoms with Gasteiger partial charge in [-0.15, -0.1) is 0 Å². The fourth-order valence-corrected chi connectivity index (χ4v) is 0.848. The highest BCUT2D eigenvalue weighted by molar-refractivity contribution is 5.42. The van der Waals surface area contributed by atoms with Crippen LogP contribution in [0.5, 0.6) is 5.75 Å². The van der Waals surface area contributed by atoms with Crippen molar-refractivity contribution in [3.8, 4) is 11.8 Å². The Balaban J connectivity index is 3.23. The molecule has 0 bridgehead atoms. The minimum Gasteiger partial charge on any atom is -0.494 e. The van der Waals surface area contributed by atoms with Crippen LogP contribution in [0.3, 0.4) is 0 Å². The van der Waals surface area contributed by atoms with E-state index in [2.05, 4.69) is 9.72 Å². The number of aromatic nitrogens is 1. The lowest BCUT2D eigenvalue weighted by Crippen LogP contribution is -2.08. The lowest BCUT2D eigenvalue weighted by Gasteiger charge is -2.07. The molecule has 1 heterocycles. The van der Waals surface area contributed by atoms with Gasteiger partial charge in [0.2, 0.25) is 0 Å². The molecule has 0 N–H and O–H groups in total. The fourth-order valence-electron chi connectivity index (χ4n) is 0.848. The van der Waals surface area contributed by atoms with Gasteiger partial charge in [-0.25, -0.2) is 4.98 Å². The molecule has 74 valence electrons. The van der Waals surface area contributed by atoms with Gasteiger partial charge in [-0.05, 0) is 6.07 Å². The van der Waals surface area contributed by atoms with Gasteiger partial charge in [-0.3, -0.25) is 0 Å². The SMILES string of the molecule is COc1cnc(C(F)(F)F)cc1C#N. The smallest absolute Gasteiger partial charge is 0.433 e. The van der Waals surface area contributed by atoms with Crippen LogP contribution >= 0.6 is 0 Å². The van der Waals surface area contributed by atoms with Gasteiger partial charge in [0, 0.05) is 0 Å². The molecule has 1 aromatic heterocycles. The lowest BCUT2D eigenvalue weighted by molar-refractivity contribution is -0.141. The zero-order valence-electron chi connectivity index (χ0n) is 7.09. The molecule has 14 heavy (non-hydrogen) atoms. The van der Waals surface area contributed by atoms with E-state index in [1.807, 2.05) is 0 Å². The summed E-state index contributed by atoms with van der Waals surface area (Å²) < 4.78 is 41.0. The maximum atomic E-state index is 12.1. The third-order valence-electron chi connectivity index (χ3n) is 1.50. The van der Waals surface area contributed by atoms with Gasteiger partial charge >= 0.3 is 6.18 Å². The second-order valence-electron chi connectivity index (χ2n) is 2.38. The number of nitriles is 1. The number of halogens is 3. The van der Waals surface area contributed by atoms with Crippen molar-refractivity contribution in [1.82, 2.24) is 4.98 Å². The third-order valence-corrected chi connectivity index (χ3v) is 1.50. The summed E-state index contributed by atoms with van der Waals surface area (Å²) in [6.07, 6.45) is -3.67. The molecule has 0 saturated heterocycles. The van der Waals surface area contributed by atoms with E-state index in [4.69, 9.17) is 5.26 Å². The van der Waals surface area contributed by atoms with Crippen molar-refractivity contribution in [2.75, 3.05) is 7.11 Å². The van der Waals surface area contributed by atoms with Crippen LogP contribution < -0.4 is 4.74 Å². The maximum absolute atomic E-state index is 12.1. The molecule has 0 fully saturated rings.